The largest absolute Gasteiger partial charge is 0.507 e. The molecule has 0 aliphatic rings. The molecule has 2 N–H and O–H groups in total. The summed E-state index contributed by atoms with van der Waals surface area (Å²) in [5, 5.41) is 20.8. The number of Topliss-reactive ketones (excluding diaryl/α,β-unsaturated/α-hetero) is 1. The van der Waals surface area contributed by atoms with Crippen molar-refractivity contribution in [2.45, 2.75) is 66.7 Å². The molecule has 1 atom stereocenters. The lowest BCUT2D eigenvalue weighted by molar-refractivity contribution is 0.101. The van der Waals surface area contributed by atoms with E-state index < -0.39 is 0 Å². The van der Waals surface area contributed by atoms with E-state index in [2.05, 4.69) is 20.8 Å². The molecule has 0 spiro atoms. The smallest absolute Gasteiger partial charge is 0.163 e. The van der Waals surface area contributed by atoms with E-state index in [1.807, 2.05) is 0 Å². The molecule has 0 bridgehead atoms. The summed E-state index contributed by atoms with van der Waals surface area (Å²) in [4.78, 5) is 11.7. The van der Waals surface area contributed by atoms with Crippen LogP contribution in [0.3, 0.4) is 0 Å². The highest BCUT2D eigenvalue weighted by Gasteiger charge is 2.22. The Morgan fingerprint density at radius 1 is 1.09 bits per heavy atom. The topological polar surface area (TPSA) is 57.5 Å². The average Bonchev–Trinajstić information content (AvgIpc) is 2.44. The number of benzene rings is 1. The minimum Gasteiger partial charge on any atom is -0.507 e. The summed E-state index contributed by atoms with van der Waals surface area (Å²) in [6, 6.07) is 0. The van der Waals surface area contributed by atoms with Gasteiger partial charge in [0.05, 0.1) is 10.6 Å². The van der Waals surface area contributed by atoms with E-state index in [0.29, 0.717) is 29.4 Å². The van der Waals surface area contributed by atoms with Crippen molar-refractivity contribution in [2.24, 2.45) is 11.8 Å². The van der Waals surface area contributed by atoms with Crippen molar-refractivity contribution in [3.63, 3.8) is 0 Å². The van der Waals surface area contributed by atoms with Crippen LogP contribution in [0.1, 0.15) is 74.9 Å². The maximum absolute atomic E-state index is 11.7. The summed E-state index contributed by atoms with van der Waals surface area (Å²) < 4.78 is 0. The number of aromatic hydroxyl groups is 2. The van der Waals surface area contributed by atoms with Crippen molar-refractivity contribution in [3.8, 4) is 11.5 Å². The Hall–Kier alpha value is -1.22. The van der Waals surface area contributed by atoms with Crippen molar-refractivity contribution in [2.75, 3.05) is 0 Å². The van der Waals surface area contributed by atoms with Crippen molar-refractivity contribution < 1.29 is 15.0 Å². The third-order valence-electron chi connectivity index (χ3n) is 4.44. The highest BCUT2D eigenvalue weighted by atomic mass is 35.5. The Morgan fingerprint density at radius 2 is 1.70 bits per heavy atom. The molecule has 0 fully saturated rings. The van der Waals surface area contributed by atoms with E-state index in [1.54, 1.807) is 6.92 Å². The zero-order chi connectivity index (χ0) is 17.7. The average molecular weight is 341 g/mol. The molecular formula is C19H29ClO3. The molecule has 1 unspecified atom stereocenters. The van der Waals surface area contributed by atoms with Gasteiger partial charge in [0.15, 0.2) is 5.78 Å². The fraction of sp³-hybridized carbons (Fsp3) is 0.632. The number of rotatable bonds is 8. The van der Waals surface area contributed by atoms with Gasteiger partial charge in [-0.25, -0.2) is 0 Å². The van der Waals surface area contributed by atoms with Crippen LogP contribution >= 0.6 is 11.6 Å². The second-order valence-electron chi connectivity index (χ2n) is 7.01. The zero-order valence-corrected chi connectivity index (χ0v) is 15.6. The summed E-state index contributed by atoms with van der Waals surface area (Å²) in [6.45, 7) is 9.65. The molecule has 0 amide bonds. The van der Waals surface area contributed by atoms with E-state index >= 15 is 0 Å². The maximum atomic E-state index is 11.7. The number of carbonyl (C=O) groups is 1. The fourth-order valence-corrected chi connectivity index (χ4v) is 3.15. The summed E-state index contributed by atoms with van der Waals surface area (Å²) in [6.07, 6.45) is 4.88. The number of phenolic OH excluding ortho intramolecular Hbond substituents is 2. The van der Waals surface area contributed by atoms with Gasteiger partial charge in [0.25, 0.3) is 0 Å². The van der Waals surface area contributed by atoms with Gasteiger partial charge in [-0.15, -0.1) is 0 Å². The quantitative estimate of drug-likeness (QED) is 0.600. The number of hydrogen-bond donors (Lipinski definition) is 2. The molecule has 0 aromatic heterocycles. The van der Waals surface area contributed by atoms with Crippen LogP contribution in [-0.4, -0.2) is 16.0 Å². The third-order valence-corrected chi connectivity index (χ3v) is 4.90. The second kappa shape index (κ2) is 8.58. The van der Waals surface area contributed by atoms with Crippen LogP contribution in [-0.2, 0) is 6.42 Å². The Balaban J connectivity index is 2.86. The van der Waals surface area contributed by atoms with Gasteiger partial charge in [-0.05, 0) is 44.1 Å². The van der Waals surface area contributed by atoms with Crippen LogP contribution in [0.25, 0.3) is 0 Å². The Labute approximate surface area is 144 Å². The summed E-state index contributed by atoms with van der Waals surface area (Å²) >= 11 is 6.12. The molecule has 1 aromatic rings. The van der Waals surface area contributed by atoms with Crippen LogP contribution in [0.4, 0.5) is 0 Å². The normalized spacial score (nSPS) is 12.7. The first-order valence-electron chi connectivity index (χ1n) is 8.40. The van der Waals surface area contributed by atoms with Crippen molar-refractivity contribution in [1.82, 2.24) is 0 Å². The van der Waals surface area contributed by atoms with E-state index in [4.69, 9.17) is 11.6 Å². The van der Waals surface area contributed by atoms with Crippen LogP contribution in [0, 0.1) is 18.8 Å². The number of carbonyl (C=O) groups excluding carboxylic acids is 1. The van der Waals surface area contributed by atoms with Crippen LogP contribution in [0.15, 0.2) is 0 Å². The lowest BCUT2D eigenvalue weighted by atomic mass is 9.91. The van der Waals surface area contributed by atoms with Crippen molar-refractivity contribution in [1.29, 1.82) is 0 Å². The molecule has 0 saturated heterocycles. The highest BCUT2D eigenvalue weighted by Crippen LogP contribution is 2.41. The number of hydrogen-bond acceptors (Lipinski definition) is 3. The predicted octanol–water partition coefficient (Wildman–Crippen LogP) is 5.66. The Morgan fingerprint density at radius 3 is 2.22 bits per heavy atom. The summed E-state index contributed by atoms with van der Waals surface area (Å²) in [5.74, 6) is 0.748. The van der Waals surface area contributed by atoms with E-state index in [-0.39, 0.29) is 27.9 Å². The van der Waals surface area contributed by atoms with Crippen LogP contribution < -0.4 is 0 Å². The molecule has 1 rings (SSSR count). The van der Waals surface area contributed by atoms with Gasteiger partial charge in [-0.2, -0.15) is 0 Å². The van der Waals surface area contributed by atoms with E-state index in [0.717, 1.165) is 12.8 Å². The lowest BCUT2D eigenvalue weighted by Crippen LogP contribution is -2.04. The zero-order valence-electron chi connectivity index (χ0n) is 14.9. The van der Waals surface area contributed by atoms with Gasteiger partial charge in [0.1, 0.15) is 11.5 Å². The van der Waals surface area contributed by atoms with Gasteiger partial charge in [-0.1, -0.05) is 51.6 Å². The molecule has 0 aliphatic carbocycles. The molecule has 3 nitrogen and oxygen atoms in total. The molecular weight excluding hydrogens is 312 g/mol. The molecule has 0 heterocycles. The molecule has 130 valence electrons. The van der Waals surface area contributed by atoms with Gasteiger partial charge in [-0.3, -0.25) is 4.79 Å². The first kappa shape index (κ1) is 19.8. The molecule has 4 heteroatoms. The lowest BCUT2D eigenvalue weighted by Gasteiger charge is -2.17. The Bertz CT molecular complexity index is 564. The fourth-order valence-electron chi connectivity index (χ4n) is 2.94. The predicted molar refractivity (Wildman–Crippen MR) is 95.7 cm³/mol. The SMILES string of the molecule is CC(=O)c1c(C)c(Cl)c(O)c(CCC(C)CCCC(C)C)c1O. The molecule has 0 radical (unpaired) electrons. The standard InChI is InChI=1S/C19H29ClO3/c1-11(2)7-6-8-12(3)9-10-15-18(22)16(14(5)21)13(4)17(20)19(15)23/h11-12,22-23H,6-10H2,1-5H3. The molecule has 0 saturated carbocycles. The van der Waals surface area contributed by atoms with Gasteiger partial charge >= 0.3 is 0 Å². The molecule has 23 heavy (non-hydrogen) atoms. The van der Waals surface area contributed by atoms with Crippen molar-refractivity contribution in [3.05, 3.63) is 21.7 Å². The van der Waals surface area contributed by atoms with Gasteiger partial charge < -0.3 is 10.2 Å². The van der Waals surface area contributed by atoms with E-state index in [9.17, 15) is 15.0 Å². The van der Waals surface area contributed by atoms with Crippen molar-refractivity contribution >= 4 is 17.4 Å². The minimum absolute atomic E-state index is 0.0963. The Kier molecular flexibility index (Phi) is 7.40. The number of halogens is 1. The number of phenols is 2. The summed E-state index contributed by atoms with van der Waals surface area (Å²) in [7, 11) is 0. The summed E-state index contributed by atoms with van der Waals surface area (Å²) in [5.41, 5.74) is 1.04. The monoisotopic (exact) mass is 340 g/mol. The highest BCUT2D eigenvalue weighted by molar-refractivity contribution is 6.33. The minimum atomic E-state index is -0.242. The van der Waals surface area contributed by atoms with Crippen LogP contribution in [0.5, 0.6) is 11.5 Å². The van der Waals surface area contributed by atoms with Gasteiger partial charge in [0.2, 0.25) is 0 Å². The number of ketones is 1. The molecule has 1 aromatic carbocycles. The van der Waals surface area contributed by atoms with Crippen LogP contribution in [0.2, 0.25) is 5.02 Å². The maximum Gasteiger partial charge on any atom is 0.163 e. The molecule has 0 aliphatic heterocycles. The third kappa shape index (κ3) is 5.13. The first-order chi connectivity index (χ1) is 10.7. The second-order valence-corrected chi connectivity index (χ2v) is 7.39. The van der Waals surface area contributed by atoms with Gasteiger partial charge in [0, 0.05) is 5.56 Å². The first-order valence-corrected chi connectivity index (χ1v) is 8.78. The van der Waals surface area contributed by atoms with E-state index in [1.165, 1.54) is 19.8 Å².